The molecule has 164 valence electrons. The van der Waals surface area contributed by atoms with Gasteiger partial charge in [-0.3, -0.25) is 14.5 Å². The number of hydrogen-bond acceptors (Lipinski definition) is 6. The van der Waals surface area contributed by atoms with Crippen LogP contribution in [0.3, 0.4) is 0 Å². The van der Waals surface area contributed by atoms with E-state index in [0.29, 0.717) is 29.4 Å². The first kappa shape index (κ1) is 22.4. The van der Waals surface area contributed by atoms with E-state index < -0.39 is 5.91 Å². The molecule has 0 radical (unpaired) electrons. The Morgan fingerprint density at radius 1 is 1.03 bits per heavy atom. The molecule has 2 amide bonds. The minimum Gasteiger partial charge on any atom is -0.496 e. The van der Waals surface area contributed by atoms with Crippen molar-refractivity contribution in [2.75, 3.05) is 32.2 Å². The van der Waals surface area contributed by atoms with Crippen LogP contribution in [0.5, 0.6) is 11.5 Å². The SMILES string of the molecule is CCOc1cccc(NC2=C(c3ccccc3OC)C(=O)N(CCOC(C)C)C2=O)c1. The van der Waals surface area contributed by atoms with Gasteiger partial charge in [0.15, 0.2) is 0 Å². The van der Waals surface area contributed by atoms with E-state index in [1.807, 2.05) is 45.0 Å². The Morgan fingerprint density at radius 2 is 1.81 bits per heavy atom. The molecule has 1 N–H and O–H groups in total. The topological polar surface area (TPSA) is 77.1 Å². The molecule has 0 aliphatic carbocycles. The molecule has 3 rings (SSSR count). The molecule has 0 spiro atoms. The summed E-state index contributed by atoms with van der Waals surface area (Å²) in [5.74, 6) is 0.401. The van der Waals surface area contributed by atoms with E-state index in [2.05, 4.69) is 5.32 Å². The number of carbonyl (C=O) groups excluding carboxylic acids is 2. The molecule has 1 heterocycles. The standard InChI is InChI=1S/C24H28N2O5/c1-5-30-18-10-8-9-17(15-18)25-22-21(19-11-6-7-12-20(19)29-4)23(27)26(24(22)28)13-14-31-16(2)3/h6-12,15-16,25H,5,13-14H2,1-4H3. The number of rotatable bonds is 10. The molecule has 0 saturated carbocycles. The van der Waals surface area contributed by atoms with Crippen LogP contribution in [0.2, 0.25) is 0 Å². The van der Waals surface area contributed by atoms with Crippen molar-refractivity contribution >= 4 is 23.1 Å². The maximum Gasteiger partial charge on any atom is 0.278 e. The van der Waals surface area contributed by atoms with Gasteiger partial charge in [0.05, 0.1) is 38.5 Å². The Bertz CT molecular complexity index is 983. The quantitative estimate of drug-likeness (QED) is 0.586. The first-order valence-electron chi connectivity index (χ1n) is 10.3. The first-order valence-corrected chi connectivity index (χ1v) is 10.3. The second-order valence-electron chi connectivity index (χ2n) is 7.22. The summed E-state index contributed by atoms with van der Waals surface area (Å²) < 4.78 is 16.6. The fourth-order valence-electron chi connectivity index (χ4n) is 3.35. The van der Waals surface area contributed by atoms with Gasteiger partial charge in [-0.05, 0) is 39.0 Å². The molecule has 1 aliphatic rings. The Hall–Kier alpha value is -3.32. The zero-order chi connectivity index (χ0) is 22.4. The molecule has 0 saturated heterocycles. The van der Waals surface area contributed by atoms with Crippen LogP contribution < -0.4 is 14.8 Å². The Labute approximate surface area is 182 Å². The largest absolute Gasteiger partial charge is 0.496 e. The summed E-state index contributed by atoms with van der Waals surface area (Å²) in [6.07, 6.45) is 0.00774. The summed E-state index contributed by atoms with van der Waals surface area (Å²) >= 11 is 0. The lowest BCUT2D eigenvalue weighted by atomic mass is 10.0. The summed E-state index contributed by atoms with van der Waals surface area (Å²) in [6.45, 7) is 6.67. The monoisotopic (exact) mass is 424 g/mol. The van der Waals surface area contributed by atoms with Crippen molar-refractivity contribution < 1.29 is 23.8 Å². The third-order valence-corrected chi connectivity index (χ3v) is 4.72. The van der Waals surface area contributed by atoms with Gasteiger partial charge in [0, 0.05) is 17.3 Å². The van der Waals surface area contributed by atoms with E-state index in [1.54, 1.807) is 24.3 Å². The van der Waals surface area contributed by atoms with Crippen LogP contribution in [-0.4, -0.2) is 49.7 Å². The molecule has 2 aromatic rings. The maximum atomic E-state index is 13.3. The van der Waals surface area contributed by atoms with E-state index >= 15 is 0 Å². The van der Waals surface area contributed by atoms with Crippen LogP contribution in [0.15, 0.2) is 54.2 Å². The van der Waals surface area contributed by atoms with Gasteiger partial charge in [0.2, 0.25) is 0 Å². The highest BCUT2D eigenvalue weighted by atomic mass is 16.5. The molecule has 0 aromatic heterocycles. The summed E-state index contributed by atoms with van der Waals surface area (Å²) in [6, 6.07) is 14.4. The van der Waals surface area contributed by atoms with Crippen molar-refractivity contribution in [2.24, 2.45) is 0 Å². The van der Waals surface area contributed by atoms with E-state index in [1.165, 1.54) is 12.0 Å². The normalized spacial score (nSPS) is 13.9. The van der Waals surface area contributed by atoms with Gasteiger partial charge in [-0.2, -0.15) is 0 Å². The van der Waals surface area contributed by atoms with Crippen LogP contribution in [0.25, 0.3) is 5.57 Å². The van der Waals surface area contributed by atoms with Crippen LogP contribution in [0.4, 0.5) is 5.69 Å². The zero-order valence-electron chi connectivity index (χ0n) is 18.3. The molecular formula is C24H28N2O5. The molecule has 0 fully saturated rings. The predicted octanol–water partition coefficient (Wildman–Crippen LogP) is 3.71. The Balaban J connectivity index is 2.00. The van der Waals surface area contributed by atoms with Gasteiger partial charge in [-0.1, -0.05) is 24.3 Å². The van der Waals surface area contributed by atoms with Crippen molar-refractivity contribution in [1.82, 2.24) is 4.90 Å². The summed E-state index contributed by atoms with van der Waals surface area (Å²) in [5, 5.41) is 3.14. The summed E-state index contributed by atoms with van der Waals surface area (Å²) in [7, 11) is 1.54. The highest BCUT2D eigenvalue weighted by Gasteiger charge is 2.40. The van der Waals surface area contributed by atoms with Crippen molar-refractivity contribution in [3.8, 4) is 11.5 Å². The molecule has 0 unspecified atom stereocenters. The molecule has 7 nitrogen and oxygen atoms in total. The Morgan fingerprint density at radius 3 is 2.52 bits per heavy atom. The van der Waals surface area contributed by atoms with Gasteiger partial charge in [-0.25, -0.2) is 0 Å². The number of amides is 2. The second-order valence-corrected chi connectivity index (χ2v) is 7.22. The minimum absolute atomic E-state index is 0.00774. The van der Waals surface area contributed by atoms with E-state index in [9.17, 15) is 9.59 Å². The van der Waals surface area contributed by atoms with Gasteiger partial charge in [0.1, 0.15) is 17.2 Å². The van der Waals surface area contributed by atoms with Crippen molar-refractivity contribution in [1.29, 1.82) is 0 Å². The maximum absolute atomic E-state index is 13.3. The fourth-order valence-corrected chi connectivity index (χ4v) is 3.35. The van der Waals surface area contributed by atoms with Gasteiger partial charge in [0.25, 0.3) is 11.8 Å². The number of benzene rings is 2. The first-order chi connectivity index (χ1) is 15.0. The number of methoxy groups -OCH3 is 1. The zero-order valence-corrected chi connectivity index (χ0v) is 18.3. The van der Waals surface area contributed by atoms with E-state index in [4.69, 9.17) is 14.2 Å². The van der Waals surface area contributed by atoms with E-state index in [0.717, 1.165) is 0 Å². The third kappa shape index (κ3) is 5.06. The van der Waals surface area contributed by atoms with Crippen LogP contribution >= 0.6 is 0 Å². The lowest BCUT2D eigenvalue weighted by Gasteiger charge is -2.16. The smallest absolute Gasteiger partial charge is 0.278 e. The number of carbonyl (C=O) groups is 2. The highest BCUT2D eigenvalue weighted by Crippen LogP contribution is 2.35. The average molecular weight is 424 g/mol. The lowest BCUT2D eigenvalue weighted by molar-refractivity contribution is -0.137. The Kier molecular flexibility index (Phi) is 7.31. The van der Waals surface area contributed by atoms with Gasteiger partial charge >= 0.3 is 0 Å². The third-order valence-electron chi connectivity index (χ3n) is 4.72. The lowest BCUT2D eigenvalue weighted by Crippen LogP contribution is -2.35. The molecular weight excluding hydrogens is 396 g/mol. The van der Waals surface area contributed by atoms with Crippen LogP contribution in [0, 0.1) is 0 Å². The molecule has 7 heteroatoms. The second kappa shape index (κ2) is 10.1. The summed E-state index contributed by atoms with van der Waals surface area (Å²) in [5.41, 5.74) is 1.68. The molecule has 0 bridgehead atoms. The number of hydrogen-bond donors (Lipinski definition) is 1. The molecule has 2 aromatic carbocycles. The van der Waals surface area contributed by atoms with Gasteiger partial charge < -0.3 is 19.5 Å². The number of anilines is 1. The number of nitrogens with zero attached hydrogens (tertiary/aromatic N) is 1. The molecule has 31 heavy (non-hydrogen) atoms. The average Bonchev–Trinajstić information content (AvgIpc) is 2.98. The van der Waals surface area contributed by atoms with Crippen LogP contribution in [-0.2, 0) is 14.3 Å². The number of ether oxygens (including phenoxy) is 3. The van der Waals surface area contributed by atoms with Crippen molar-refractivity contribution in [3.05, 3.63) is 59.8 Å². The molecule has 0 atom stereocenters. The van der Waals surface area contributed by atoms with Gasteiger partial charge in [-0.15, -0.1) is 0 Å². The highest BCUT2D eigenvalue weighted by molar-refractivity contribution is 6.37. The summed E-state index contributed by atoms with van der Waals surface area (Å²) in [4.78, 5) is 27.8. The van der Waals surface area contributed by atoms with Crippen molar-refractivity contribution in [3.63, 3.8) is 0 Å². The fraction of sp³-hybridized carbons (Fsp3) is 0.333. The number of imide groups is 1. The predicted molar refractivity (Wildman–Crippen MR) is 119 cm³/mol. The molecule has 1 aliphatic heterocycles. The minimum atomic E-state index is -0.403. The van der Waals surface area contributed by atoms with Crippen LogP contribution in [0.1, 0.15) is 26.3 Å². The number of para-hydroxylation sites is 1. The van der Waals surface area contributed by atoms with E-state index in [-0.39, 0.29) is 36.4 Å². The number of nitrogens with one attached hydrogen (secondary N) is 1. The van der Waals surface area contributed by atoms with Crippen molar-refractivity contribution in [2.45, 2.75) is 26.9 Å².